The Balaban J connectivity index is 2.00. The molecule has 0 N–H and O–H groups in total. The molecule has 28 heavy (non-hydrogen) atoms. The van der Waals surface area contributed by atoms with E-state index in [2.05, 4.69) is 96.9 Å². The predicted octanol–water partition coefficient (Wildman–Crippen LogP) is 7.85. The number of benzene rings is 2. The van der Waals surface area contributed by atoms with Crippen molar-refractivity contribution >= 4 is 18.1 Å². The normalized spacial score (nSPS) is 22.3. The van der Waals surface area contributed by atoms with Gasteiger partial charge in [-0.3, -0.25) is 0 Å². The van der Waals surface area contributed by atoms with Gasteiger partial charge in [0.2, 0.25) is 0 Å². The van der Waals surface area contributed by atoms with E-state index >= 15 is 0 Å². The molecule has 2 aliphatic rings. The van der Waals surface area contributed by atoms with E-state index in [0.717, 1.165) is 0 Å². The molecule has 0 aromatic heterocycles. The van der Waals surface area contributed by atoms with Crippen LogP contribution in [0.4, 0.5) is 0 Å². The van der Waals surface area contributed by atoms with Crippen molar-refractivity contribution in [1.82, 2.24) is 0 Å². The molecule has 2 unspecified atom stereocenters. The van der Waals surface area contributed by atoms with Crippen LogP contribution in [0.25, 0.3) is 12.2 Å². The van der Waals surface area contributed by atoms with Gasteiger partial charge in [0.25, 0.3) is 0 Å². The Bertz CT molecular complexity index is 906. The van der Waals surface area contributed by atoms with Crippen LogP contribution in [0.3, 0.4) is 0 Å². The minimum atomic E-state index is -3.32. The van der Waals surface area contributed by atoms with Crippen molar-refractivity contribution in [2.24, 2.45) is 0 Å². The second-order valence-electron chi connectivity index (χ2n) is 10.2. The molecule has 0 saturated carbocycles. The van der Waals surface area contributed by atoms with Gasteiger partial charge in [-0.05, 0) is 0 Å². The van der Waals surface area contributed by atoms with Gasteiger partial charge in [-0.15, -0.1) is 0 Å². The molecular formula is C26H35SiZr. The first-order chi connectivity index (χ1) is 13.3. The molecule has 0 bridgehead atoms. The Kier molecular flexibility index (Phi) is 5.12. The van der Waals surface area contributed by atoms with Gasteiger partial charge in [0.05, 0.1) is 0 Å². The Labute approximate surface area is 173 Å². The van der Waals surface area contributed by atoms with Crippen molar-refractivity contribution in [2.45, 2.75) is 56.3 Å². The van der Waals surface area contributed by atoms with Gasteiger partial charge in [-0.1, -0.05) is 0 Å². The van der Waals surface area contributed by atoms with Crippen LogP contribution in [-0.2, 0) is 17.9 Å². The van der Waals surface area contributed by atoms with Crippen LogP contribution in [-0.4, -0.2) is 5.92 Å². The number of hydrogen-bond donors (Lipinski definition) is 0. The summed E-state index contributed by atoms with van der Waals surface area (Å²) in [6.45, 7) is 10.1. The molecule has 0 aliphatic heterocycles. The second kappa shape index (κ2) is 7.06. The number of hydrogen-bond acceptors (Lipinski definition) is 0. The zero-order valence-electron chi connectivity index (χ0n) is 18.4. The molecule has 0 spiro atoms. The van der Waals surface area contributed by atoms with Crippen LogP contribution in [0.5, 0.6) is 0 Å². The first kappa shape index (κ1) is 20.3. The maximum atomic E-state index is 2.85. The molecule has 0 radical (unpaired) electrons. The van der Waals surface area contributed by atoms with E-state index in [-0.39, 0.29) is 0 Å². The topological polar surface area (TPSA) is 0 Å². The molecule has 2 atom stereocenters. The molecule has 2 aromatic carbocycles. The summed E-state index contributed by atoms with van der Waals surface area (Å²) in [5.74, 6) is -0.916. The van der Waals surface area contributed by atoms with E-state index in [1.807, 2.05) is 0 Å². The Morgan fingerprint density at radius 3 is 1.46 bits per heavy atom. The van der Waals surface area contributed by atoms with Gasteiger partial charge >= 0.3 is 174 Å². The van der Waals surface area contributed by atoms with Gasteiger partial charge in [-0.25, -0.2) is 0 Å². The van der Waals surface area contributed by atoms with E-state index in [1.165, 1.54) is 24.0 Å². The summed E-state index contributed by atoms with van der Waals surface area (Å²) in [5.41, 5.74) is 9.73. The third-order valence-corrected chi connectivity index (χ3v) is 55.3. The minimum absolute atomic E-state index is 0.709. The van der Waals surface area contributed by atoms with Crippen LogP contribution in [0, 0.1) is 0 Å². The van der Waals surface area contributed by atoms with E-state index in [9.17, 15) is 0 Å². The van der Waals surface area contributed by atoms with Gasteiger partial charge in [0.15, 0.2) is 0 Å². The zero-order valence-corrected chi connectivity index (χ0v) is 22.0. The summed E-state index contributed by atoms with van der Waals surface area (Å²) in [7, 11) is 0. The van der Waals surface area contributed by atoms with Gasteiger partial charge in [-0.2, -0.15) is 0 Å². The van der Waals surface area contributed by atoms with Gasteiger partial charge < -0.3 is 0 Å². The van der Waals surface area contributed by atoms with Gasteiger partial charge in [0.1, 0.15) is 0 Å². The number of rotatable bonds is 5. The van der Waals surface area contributed by atoms with Gasteiger partial charge in [0, 0.05) is 0 Å². The Morgan fingerprint density at radius 1 is 0.714 bits per heavy atom. The van der Waals surface area contributed by atoms with Crippen LogP contribution < -0.4 is 0 Å². The van der Waals surface area contributed by atoms with E-state index < -0.39 is 23.9 Å². The summed E-state index contributed by atoms with van der Waals surface area (Å²) in [4.78, 5) is 0. The molecule has 2 aliphatic carbocycles. The van der Waals surface area contributed by atoms with Crippen molar-refractivity contribution in [3.05, 3.63) is 81.9 Å². The molecule has 0 saturated heterocycles. The fourth-order valence-electron chi connectivity index (χ4n) is 6.37. The Morgan fingerprint density at radius 2 is 1.11 bits per heavy atom. The third-order valence-electron chi connectivity index (χ3n) is 8.50. The molecule has 4 rings (SSSR count). The van der Waals surface area contributed by atoms with Crippen molar-refractivity contribution in [3.8, 4) is 0 Å². The second-order valence-corrected chi connectivity index (χ2v) is 48.0. The summed E-state index contributed by atoms with van der Waals surface area (Å²) < 4.78 is 7.12. The van der Waals surface area contributed by atoms with Crippen LogP contribution in [0.1, 0.15) is 56.2 Å². The van der Waals surface area contributed by atoms with Crippen molar-refractivity contribution < 1.29 is 17.9 Å². The van der Waals surface area contributed by atoms with Crippen LogP contribution >= 0.6 is 0 Å². The molecule has 0 heterocycles. The molecule has 0 fully saturated rings. The fourth-order valence-corrected chi connectivity index (χ4v) is 36.3. The fraction of sp³-hybridized carbons (Fsp3) is 0.385. The molecule has 147 valence electrons. The van der Waals surface area contributed by atoms with E-state index in [0.29, 0.717) is 7.25 Å². The monoisotopic (exact) mass is 465 g/mol. The Hall–Kier alpha value is -0.980. The van der Waals surface area contributed by atoms with Crippen LogP contribution in [0.15, 0.2) is 59.7 Å². The van der Waals surface area contributed by atoms with Crippen molar-refractivity contribution in [1.29, 1.82) is 0 Å². The summed E-state index contributed by atoms with van der Waals surface area (Å²) in [6, 6.07) is 18.6. The predicted molar refractivity (Wildman–Crippen MR) is 126 cm³/mol. The molecule has 0 amide bonds. The first-order valence-corrected chi connectivity index (χ1v) is 26.0. The summed E-state index contributed by atoms with van der Waals surface area (Å²) >= 11 is -3.32. The maximum absolute atomic E-state index is 3.32. The van der Waals surface area contributed by atoms with E-state index in [4.69, 9.17) is 0 Å². The summed E-state index contributed by atoms with van der Waals surface area (Å²) in [6.07, 6.45) is 7.47. The molecular weight excluding hydrogens is 432 g/mol. The molecule has 2 aromatic rings. The quantitative estimate of drug-likeness (QED) is 0.393. The number of allylic oxidation sites excluding steroid dienone is 2. The SMILES string of the molecule is CCC1=Cc2ccccc2[CH]1[Zr]([CH3])([CH3])([CH]1C(CC)=Cc2ccccc21)[SiH](C)C. The molecule has 2 heteroatoms. The molecule has 0 nitrogen and oxygen atoms in total. The third kappa shape index (κ3) is 2.71. The van der Waals surface area contributed by atoms with Crippen molar-refractivity contribution in [2.75, 3.05) is 0 Å². The van der Waals surface area contributed by atoms with Crippen molar-refractivity contribution in [3.63, 3.8) is 0 Å². The average Bonchev–Trinajstić information content (AvgIpc) is 3.26. The number of fused-ring (bicyclic) bond motifs is 2. The average molecular weight is 467 g/mol. The van der Waals surface area contributed by atoms with Crippen LogP contribution in [0.2, 0.25) is 22.4 Å². The zero-order chi connectivity index (χ0) is 20.1. The standard InChI is InChI=1S/2C11H11.C2H7Si.2CH3.Zr/c2*1-2-9-7-10-5-3-4-6-11(10)8-9;1-3-2;;;/h2*3-8H,2H2,1H3;3H,1-2H3;2*1H3;. The van der Waals surface area contributed by atoms with E-state index in [1.54, 1.807) is 22.3 Å². The summed E-state index contributed by atoms with van der Waals surface area (Å²) in [5, 5.41) is 0. The first-order valence-electron chi connectivity index (χ1n) is 11.1.